The Morgan fingerprint density at radius 2 is 1.02 bits per heavy atom. The average molecular weight is 665 g/mol. The Bertz CT molecular complexity index is 1120. The minimum Gasteiger partial charge on any atom is -0.462 e. The molecule has 0 unspecified atom stereocenters. The molecule has 4 atom stereocenters. The summed E-state index contributed by atoms with van der Waals surface area (Å²) in [5.41, 5.74) is 0. The fraction of sp³-hybridized carbons (Fsp3) is 0.794. The van der Waals surface area contributed by atoms with Crippen molar-refractivity contribution in [3.05, 3.63) is 12.7 Å². The van der Waals surface area contributed by atoms with Crippen LogP contribution < -0.4 is 0 Å². The van der Waals surface area contributed by atoms with E-state index in [4.69, 9.17) is 37.9 Å². The van der Waals surface area contributed by atoms with Gasteiger partial charge in [0.2, 0.25) is 0 Å². The van der Waals surface area contributed by atoms with E-state index in [1.165, 1.54) is 0 Å². The van der Waals surface area contributed by atoms with Crippen LogP contribution in [0.5, 0.6) is 0 Å². The van der Waals surface area contributed by atoms with Crippen LogP contribution in [0.2, 0.25) is 0 Å². The molecular formula is C34H48O13. The highest BCUT2D eigenvalue weighted by Crippen LogP contribution is 2.36. The molecule has 5 rings (SSSR count). The van der Waals surface area contributed by atoms with E-state index in [0.717, 1.165) is 31.8 Å². The number of hydrogen-bond donors (Lipinski definition) is 0. The summed E-state index contributed by atoms with van der Waals surface area (Å²) >= 11 is 0. The van der Waals surface area contributed by atoms with Gasteiger partial charge in [0.1, 0.15) is 37.6 Å². The number of hydrogen-bond acceptors (Lipinski definition) is 13. The minimum atomic E-state index is -0.841. The molecule has 47 heavy (non-hydrogen) atoms. The summed E-state index contributed by atoms with van der Waals surface area (Å²) in [5, 5.41) is 0. The van der Waals surface area contributed by atoms with E-state index in [0.29, 0.717) is 57.3 Å². The molecule has 0 aromatic heterocycles. The molecule has 0 aromatic rings. The summed E-state index contributed by atoms with van der Waals surface area (Å²) in [6, 6.07) is 0. The summed E-state index contributed by atoms with van der Waals surface area (Å²) in [7, 11) is 0. The topological polar surface area (TPSA) is 159 Å². The van der Waals surface area contributed by atoms with Crippen LogP contribution in [-0.2, 0) is 57.1 Å². The number of ether oxygens (including phenoxy) is 8. The van der Waals surface area contributed by atoms with Crippen molar-refractivity contribution in [3.63, 3.8) is 0 Å². The normalized spacial score (nSPS) is 35.1. The highest BCUT2D eigenvalue weighted by molar-refractivity contribution is 5.81. The standard InChI is InChI=1S/C34H48O13/c1-3-28(35)40-16-17-41-34(39)45-25-14-10-22(11-15-25)31(36)44-24-12-8-23(9-13-24)33(38)47-27-19-43-29-26(18-42-30(27)29)46-32(37)21-6-4-20(2)5-7-21/h3,20-27,29-30H,1,4-19H2,2H3/t20?,21?,22?,23?,24?,25?,26-,27-,29+,30+/m1/s1. The van der Waals surface area contributed by atoms with Gasteiger partial charge in [0.15, 0.2) is 12.2 Å². The summed E-state index contributed by atoms with van der Waals surface area (Å²) in [4.78, 5) is 61.5. The maximum absolute atomic E-state index is 13.0. The second kappa shape index (κ2) is 16.8. The molecule has 0 spiro atoms. The summed E-state index contributed by atoms with van der Waals surface area (Å²) in [6.45, 7) is 5.70. The van der Waals surface area contributed by atoms with Crippen LogP contribution in [0.3, 0.4) is 0 Å². The first-order chi connectivity index (χ1) is 22.7. The van der Waals surface area contributed by atoms with E-state index < -0.39 is 36.5 Å². The lowest BCUT2D eigenvalue weighted by Gasteiger charge is -2.31. The molecule has 2 saturated heterocycles. The monoisotopic (exact) mass is 664 g/mol. The molecule has 3 saturated carbocycles. The van der Waals surface area contributed by atoms with Crippen LogP contribution in [0.25, 0.3) is 0 Å². The number of carbonyl (C=O) groups is 5. The Balaban J connectivity index is 0.948. The van der Waals surface area contributed by atoms with Crippen molar-refractivity contribution in [3.8, 4) is 0 Å². The Labute approximate surface area is 275 Å². The van der Waals surface area contributed by atoms with Crippen LogP contribution in [0, 0.1) is 23.7 Å². The fourth-order valence-electron chi connectivity index (χ4n) is 7.21. The van der Waals surface area contributed by atoms with E-state index in [-0.39, 0.29) is 74.3 Å². The maximum atomic E-state index is 13.0. The maximum Gasteiger partial charge on any atom is 0.508 e. The van der Waals surface area contributed by atoms with Gasteiger partial charge in [-0.05, 0) is 83.0 Å². The second-order valence-corrected chi connectivity index (χ2v) is 13.5. The van der Waals surface area contributed by atoms with E-state index in [1.807, 2.05) is 0 Å². The van der Waals surface area contributed by atoms with Gasteiger partial charge in [-0.15, -0.1) is 0 Å². The first-order valence-corrected chi connectivity index (χ1v) is 17.2. The zero-order valence-corrected chi connectivity index (χ0v) is 27.2. The molecule has 0 aromatic carbocycles. The smallest absolute Gasteiger partial charge is 0.462 e. The lowest BCUT2D eigenvalue weighted by Crippen LogP contribution is -2.38. The van der Waals surface area contributed by atoms with Gasteiger partial charge in [0.25, 0.3) is 0 Å². The molecule has 0 radical (unpaired) electrons. The Morgan fingerprint density at radius 3 is 1.51 bits per heavy atom. The fourth-order valence-corrected chi connectivity index (χ4v) is 7.21. The molecule has 2 heterocycles. The van der Waals surface area contributed by atoms with Gasteiger partial charge in [-0.3, -0.25) is 14.4 Å². The quantitative estimate of drug-likeness (QED) is 0.135. The molecule has 3 aliphatic carbocycles. The van der Waals surface area contributed by atoms with Crippen molar-refractivity contribution in [1.29, 1.82) is 0 Å². The summed E-state index contributed by atoms with van der Waals surface area (Å²) in [5.74, 6) is -1.35. The van der Waals surface area contributed by atoms with Crippen LogP contribution in [0.4, 0.5) is 4.79 Å². The SMILES string of the molecule is C=CC(=O)OCCOC(=O)OC1CCC(C(=O)OC2CCC(C(=O)O[C@@H]3CO[C@@H]4[C@H]3OC[C@H]4OC(=O)C3CCC(C)CC3)CC2)CC1. The average Bonchev–Trinajstić information content (AvgIpc) is 3.66. The van der Waals surface area contributed by atoms with Gasteiger partial charge in [-0.2, -0.15) is 0 Å². The predicted octanol–water partition coefficient (Wildman–Crippen LogP) is 3.98. The minimum absolute atomic E-state index is 0.0721. The molecule has 5 fully saturated rings. The zero-order valence-electron chi connectivity index (χ0n) is 27.2. The third-order valence-electron chi connectivity index (χ3n) is 10.1. The van der Waals surface area contributed by atoms with Crippen LogP contribution in [0.1, 0.15) is 84.0 Å². The van der Waals surface area contributed by atoms with Gasteiger partial charge < -0.3 is 37.9 Å². The predicted molar refractivity (Wildman–Crippen MR) is 162 cm³/mol. The second-order valence-electron chi connectivity index (χ2n) is 13.5. The molecule has 5 aliphatic rings. The first-order valence-electron chi connectivity index (χ1n) is 17.2. The van der Waals surface area contributed by atoms with Crippen molar-refractivity contribution in [2.75, 3.05) is 26.4 Å². The summed E-state index contributed by atoms with van der Waals surface area (Å²) in [6.07, 6.45) is 5.71. The third kappa shape index (κ3) is 9.68. The molecule has 13 heteroatoms. The molecular weight excluding hydrogens is 616 g/mol. The lowest BCUT2D eigenvalue weighted by atomic mass is 9.83. The van der Waals surface area contributed by atoms with Crippen LogP contribution in [0.15, 0.2) is 12.7 Å². The van der Waals surface area contributed by atoms with Gasteiger partial charge in [-0.1, -0.05) is 13.5 Å². The van der Waals surface area contributed by atoms with Crippen molar-refractivity contribution in [2.24, 2.45) is 23.7 Å². The van der Waals surface area contributed by atoms with E-state index >= 15 is 0 Å². The van der Waals surface area contributed by atoms with Gasteiger partial charge in [-0.25, -0.2) is 9.59 Å². The highest BCUT2D eigenvalue weighted by atomic mass is 16.7. The first kappa shape index (κ1) is 35.1. The van der Waals surface area contributed by atoms with E-state index in [9.17, 15) is 24.0 Å². The number of fused-ring (bicyclic) bond motifs is 1. The van der Waals surface area contributed by atoms with Crippen molar-refractivity contribution < 1.29 is 61.9 Å². The van der Waals surface area contributed by atoms with Crippen molar-refractivity contribution >= 4 is 30.0 Å². The highest BCUT2D eigenvalue weighted by Gasteiger charge is 2.52. The van der Waals surface area contributed by atoms with E-state index in [2.05, 4.69) is 13.5 Å². The zero-order chi connectivity index (χ0) is 33.3. The van der Waals surface area contributed by atoms with Crippen LogP contribution >= 0.6 is 0 Å². The van der Waals surface area contributed by atoms with Gasteiger partial charge >= 0.3 is 30.0 Å². The Kier molecular flexibility index (Phi) is 12.5. The number of rotatable bonds is 11. The Hall–Kier alpha value is -3.19. The van der Waals surface area contributed by atoms with Gasteiger partial charge in [0.05, 0.1) is 31.0 Å². The van der Waals surface area contributed by atoms with Crippen molar-refractivity contribution in [1.82, 2.24) is 0 Å². The summed E-state index contributed by atoms with van der Waals surface area (Å²) < 4.78 is 44.1. The third-order valence-corrected chi connectivity index (χ3v) is 10.1. The molecule has 2 aliphatic heterocycles. The van der Waals surface area contributed by atoms with Gasteiger partial charge in [0, 0.05) is 6.08 Å². The largest absolute Gasteiger partial charge is 0.508 e. The number of carbonyl (C=O) groups excluding carboxylic acids is 5. The molecule has 0 N–H and O–H groups in total. The van der Waals surface area contributed by atoms with Crippen LogP contribution in [-0.4, -0.2) is 93.1 Å². The molecule has 13 nitrogen and oxygen atoms in total. The molecule has 0 amide bonds. The number of esters is 4. The molecule has 262 valence electrons. The lowest BCUT2D eigenvalue weighted by molar-refractivity contribution is -0.163. The Morgan fingerprint density at radius 1 is 0.596 bits per heavy atom. The van der Waals surface area contributed by atoms with E-state index in [1.54, 1.807) is 0 Å². The van der Waals surface area contributed by atoms with Crippen molar-refractivity contribution in [2.45, 2.75) is 121 Å². The molecule has 0 bridgehead atoms.